The van der Waals surface area contributed by atoms with Crippen molar-refractivity contribution in [3.63, 3.8) is 0 Å². The Kier molecular flexibility index (Phi) is 2.68. The van der Waals surface area contributed by atoms with E-state index in [0.29, 0.717) is 4.90 Å². The molecule has 5 heteroatoms. The molecule has 0 bridgehead atoms. The lowest BCUT2D eigenvalue weighted by atomic mass is 10.1. The third-order valence-electron chi connectivity index (χ3n) is 3.07. The number of benzene rings is 2. The zero-order chi connectivity index (χ0) is 14.3. The van der Waals surface area contributed by atoms with Crippen molar-refractivity contribution in [3.05, 3.63) is 71.0 Å². The Bertz CT molecular complexity index is 740. The van der Waals surface area contributed by atoms with Crippen LogP contribution in [0.15, 0.2) is 48.5 Å². The largest absolute Gasteiger partial charge is 0.268 e. The van der Waals surface area contributed by atoms with Crippen molar-refractivity contribution in [2.24, 2.45) is 0 Å². The molecular formula is C15H8FNO3. The van der Waals surface area contributed by atoms with E-state index >= 15 is 0 Å². The Morgan fingerprint density at radius 3 is 2.25 bits per heavy atom. The lowest BCUT2D eigenvalue weighted by Gasteiger charge is -2.11. The minimum Gasteiger partial charge on any atom is -0.268 e. The number of carbonyl (C=O) groups excluding carboxylic acids is 3. The Morgan fingerprint density at radius 2 is 1.55 bits per heavy atom. The van der Waals surface area contributed by atoms with Crippen molar-refractivity contribution in [2.45, 2.75) is 0 Å². The van der Waals surface area contributed by atoms with Gasteiger partial charge < -0.3 is 0 Å². The summed E-state index contributed by atoms with van der Waals surface area (Å²) in [5.74, 6) is -2.85. The summed E-state index contributed by atoms with van der Waals surface area (Å²) in [4.78, 5) is 36.9. The van der Waals surface area contributed by atoms with Gasteiger partial charge in [-0.1, -0.05) is 18.2 Å². The van der Waals surface area contributed by atoms with Crippen LogP contribution in [0, 0.1) is 5.82 Å². The number of fused-ring (bicyclic) bond motifs is 1. The van der Waals surface area contributed by atoms with E-state index in [1.165, 1.54) is 18.2 Å². The van der Waals surface area contributed by atoms with E-state index < -0.39 is 23.5 Å². The molecule has 1 aliphatic rings. The van der Waals surface area contributed by atoms with Crippen LogP contribution in [0.2, 0.25) is 0 Å². The predicted octanol–water partition coefficient (Wildman–Crippen LogP) is 2.26. The lowest BCUT2D eigenvalue weighted by Crippen LogP contribution is -2.36. The van der Waals surface area contributed by atoms with Crippen LogP contribution >= 0.6 is 0 Å². The molecule has 0 radical (unpaired) electrons. The second-order valence-corrected chi connectivity index (χ2v) is 4.31. The van der Waals surface area contributed by atoms with Crippen LogP contribution in [0.1, 0.15) is 31.1 Å². The first-order valence-corrected chi connectivity index (χ1v) is 5.87. The summed E-state index contributed by atoms with van der Waals surface area (Å²) in [6.07, 6.45) is 0. The maximum absolute atomic E-state index is 13.1. The van der Waals surface area contributed by atoms with E-state index in [1.807, 2.05) is 0 Å². The topological polar surface area (TPSA) is 54.5 Å². The molecule has 3 rings (SSSR count). The van der Waals surface area contributed by atoms with Gasteiger partial charge in [-0.05, 0) is 30.3 Å². The van der Waals surface area contributed by atoms with Crippen molar-refractivity contribution in [1.29, 1.82) is 0 Å². The van der Waals surface area contributed by atoms with Gasteiger partial charge >= 0.3 is 0 Å². The van der Waals surface area contributed by atoms with Crippen LogP contribution in [-0.4, -0.2) is 22.6 Å². The van der Waals surface area contributed by atoms with Gasteiger partial charge in [0.05, 0.1) is 11.1 Å². The van der Waals surface area contributed by atoms with Crippen LogP contribution < -0.4 is 0 Å². The average molecular weight is 269 g/mol. The average Bonchev–Trinajstić information content (AvgIpc) is 2.71. The molecule has 0 aliphatic carbocycles. The van der Waals surface area contributed by atoms with Crippen LogP contribution in [-0.2, 0) is 0 Å². The highest BCUT2D eigenvalue weighted by Gasteiger charge is 2.40. The molecule has 0 saturated heterocycles. The SMILES string of the molecule is O=C(c1ccccc1)N1C(=O)c2ccc(F)cc2C1=O. The van der Waals surface area contributed by atoms with E-state index in [1.54, 1.807) is 18.2 Å². The van der Waals surface area contributed by atoms with Crippen molar-refractivity contribution in [2.75, 3.05) is 0 Å². The van der Waals surface area contributed by atoms with Gasteiger partial charge in [0.25, 0.3) is 17.7 Å². The normalized spacial score (nSPS) is 13.6. The number of hydrogen-bond acceptors (Lipinski definition) is 3. The molecule has 0 aromatic heterocycles. The number of hydrogen-bond donors (Lipinski definition) is 0. The maximum atomic E-state index is 13.1. The molecule has 3 amide bonds. The smallest absolute Gasteiger partial charge is 0.268 e. The molecule has 0 spiro atoms. The van der Waals surface area contributed by atoms with Crippen molar-refractivity contribution >= 4 is 17.7 Å². The van der Waals surface area contributed by atoms with Crippen LogP contribution in [0.3, 0.4) is 0 Å². The summed E-state index contributed by atoms with van der Waals surface area (Å²) in [6.45, 7) is 0. The minimum atomic E-state index is -0.793. The number of amides is 3. The van der Waals surface area contributed by atoms with Gasteiger partial charge in [-0.3, -0.25) is 14.4 Å². The number of halogens is 1. The molecular weight excluding hydrogens is 261 g/mol. The molecule has 0 fully saturated rings. The van der Waals surface area contributed by atoms with E-state index in [4.69, 9.17) is 0 Å². The third kappa shape index (κ3) is 1.72. The van der Waals surface area contributed by atoms with E-state index in [-0.39, 0.29) is 16.7 Å². The lowest BCUT2D eigenvalue weighted by molar-refractivity contribution is 0.0566. The summed E-state index contributed by atoms with van der Waals surface area (Å²) in [5, 5.41) is 0. The summed E-state index contributed by atoms with van der Waals surface area (Å²) >= 11 is 0. The monoisotopic (exact) mass is 269 g/mol. The quantitative estimate of drug-likeness (QED) is 0.746. The maximum Gasteiger partial charge on any atom is 0.268 e. The molecule has 0 unspecified atom stereocenters. The molecule has 2 aromatic carbocycles. The van der Waals surface area contributed by atoms with Gasteiger partial charge in [0.1, 0.15) is 5.82 Å². The van der Waals surface area contributed by atoms with Gasteiger partial charge in [0.2, 0.25) is 0 Å². The fourth-order valence-electron chi connectivity index (χ4n) is 2.11. The van der Waals surface area contributed by atoms with Gasteiger partial charge in [0, 0.05) is 5.56 Å². The zero-order valence-corrected chi connectivity index (χ0v) is 10.2. The molecule has 4 nitrogen and oxygen atoms in total. The van der Waals surface area contributed by atoms with Gasteiger partial charge in [-0.2, -0.15) is 0 Å². The zero-order valence-electron chi connectivity index (χ0n) is 10.2. The fourth-order valence-corrected chi connectivity index (χ4v) is 2.11. The molecule has 0 N–H and O–H groups in total. The van der Waals surface area contributed by atoms with E-state index in [9.17, 15) is 18.8 Å². The highest BCUT2D eigenvalue weighted by Crippen LogP contribution is 2.25. The Morgan fingerprint density at radius 1 is 0.900 bits per heavy atom. The second-order valence-electron chi connectivity index (χ2n) is 4.31. The number of imide groups is 3. The van der Waals surface area contributed by atoms with Gasteiger partial charge in [0.15, 0.2) is 0 Å². The number of rotatable bonds is 1. The van der Waals surface area contributed by atoms with E-state index in [2.05, 4.69) is 0 Å². The summed E-state index contributed by atoms with van der Waals surface area (Å²) in [5.41, 5.74) is 0.183. The van der Waals surface area contributed by atoms with Crippen molar-refractivity contribution < 1.29 is 18.8 Å². The first kappa shape index (κ1) is 12.2. The summed E-state index contributed by atoms with van der Waals surface area (Å²) in [6, 6.07) is 11.3. The van der Waals surface area contributed by atoms with Crippen molar-refractivity contribution in [1.82, 2.24) is 4.90 Å². The molecule has 1 heterocycles. The number of carbonyl (C=O) groups is 3. The number of nitrogens with zero attached hydrogens (tertiary/aromatic N) is 1. The Hall–Kier alpha value is -2.82. The van der Waals surface area contributed by atoms with Crippen LogP contribution in [0.4, 0.5) is 4.39 Å². The second kappa shape index (κ2) is 4.38. The van der Waals surface area contributed by atoms with Gasteiger partial charge in [-0.15, -0.1) is 0 Å². The van der Waals surface area contributed by atoms with E-state index in [0.717, 1.165) is 12.1 Å². The van der Waals surface area contributed by atoms with Crippen LogP contribution in [0.5, 0.6) is 0 Å². The summed E-state index contributed by atoms with van der Waals surface area (Å²) in [7, 11) is 0. The first-order valence-electron chi connectivity index (χ1n) is 5.87. The molecule has 0 atom stereocenters. The Balaban J connectivity index is 2.04. The molecule has 0 saturated carbocycles. The molecule has 98 valence electrons. The Labute approximate surface area is 113 Å². The van der Waals surface area contributed by atoms with Crippen molar-refractivity contribution in [3.8, 4) is 0 Å². The predicted molar refractivity (Wildman–Crippen MR) is 67.7 cm³/mol. The molecule has 20 heavy (non-hydrogen) atoms. The van der Waals surface area contributed by atoms with Gasteiger partial charge in [-0.25, -0.2) is 9.29 Å². The molecule has 2 aromatic rings. The van der Waals surface area contributed by atoms with Crippen LogP contribution in [0.25, 0.3) is 0 Å². The minimum absolute atomic E-state index is 0.0423. The first-order chi connectivity index (χ1) is 9.59. The summed E-state index contributed by atoms with van der Waals surface area (Å²) < 4.78 is 13.1. The standard InChI is InChI=1S/C15H8FNO3/c16-10-6-7-11-12(8-10)15(20)17(14(11)19)13(18)9-4-2-1-3-5-9/h1-8H. The highest BCUT2D eigenvalue weighted by atomic mass is 19.1. The highest BCUT2D eigenvalue weighted by molar-refractivity contribution is 6.31. The third-order valence-corrected chi connectivity index (χ3v) is 3.07. The fraction of sp³-hybridized carbons (Fsp3) is 0. The molecule has 1 aliphatic heterocycles.